The van der Waals surface area contributed by atoms with Crippen LogP contribution in [0, 0.1) is 6.57 Å². The fourth-order valence-corrected chi connectivity index (χ4v) is 2.66. The number of aromatic hydroxyl groups is 1. The second-order valence-corrected chi connectivity index (χ2v) is 7.49. The summed E-state index contributed by atoms with van der Waals surface area (Å²) in [5.41, 5.74) is 1.10. The van der Waals surface area contributed by atoms with Gasteiger partial charge in [-0.05, 0) is 29.4 Å². The lowest BCUT2D eigenvalue weighted by molar-refractivity contribution is 0.249. The van der Waals surface area contributed by atoms with Crippen molar-refractivity contribution in [3.63, 3.8) is 0 Å². The summed E-state index contributed by atoms with van der Waals surface area (Å²) in [5.74, 6) is 0.283. The molecule has 0 aliphatic heterocycles. The normalized spacial score (nSPS) is 12.2. The van der Waals surface area contributed by atoms with Crippen LogP contribution in [-0.2, 0) is 10.8 Å². The van der Waals surface area contributed by atoms with Crippen molar-refractivity contribution in [2.45, 2.75) is 56.8 Å². The predicted octanol–water partition coefficient (Wildman–Crippen LogP) is 4.28. The van der Waals surface area contributed by atoms with Gasteiger partial charge in [0.15, 0.2) is 0 Å². The van der Waals surface area contributed by atoms with E-state index in [1.807, 2.05) is 46.8 Å². The first-order valence-electron chi connectivity index (χ1n) is 6.66. The fourth-order valence-electron chi connectivity index (χ4n) is 2.22. The molecule has 0 fully saturated rings. The summed E-state index contributed by atoms with van der Waals surface area (Å²) in [6, 6.07) is 3.75. The lowest BCUT2D eigenvalue weighted by Gasteiger charge is -2.29. The van der Waals surface area contributed by atoms with Gasteiger partial charge in [0.25, 0.3) is 11.9 Å². The molecule has 0 atom stereocenters. The van der Waals surface area contributed by atoms with E-state index in [1.165, 1.54) is 0 Å². The Hall–Kier alpha value is -1.18. The molecule has 0 saturated heterocycles. The van der Waals surface area contributed by atoms with Crippen LogP contribution in [0.4, 0.5) is 0 Å². The SMILES string of the molecule is [C-]#[N+]Sc1cc(C(C)(C)C)c(O)c(C(C)(C)CCO)c1. The van der Waals surface area contributed by atoms with E-state index in [2.05, 4.69) is 4.25 Å². The molecule has 0 aromatic heterocycles. The Morgan fingerprint density at radius 3 is 2.15 bits per heavy atom. The van der Waals surface area contributed by atoms with Crippen molar-refractivity contribution in [2.24, 2.45) is 0 Å². The number of aliphatic hydroxyl groups is 1. The van der Waals surface area contributed by atoms with E-state index in [0.29, 0.717) is 6.42 Å². The Morgan fingerprint density at radius 2 is 1.70 bits per heavy atom. The Balaban J connectivity index is 3.51. The number of phenols is 1. The van der Waals surface area contributed by atoms with Crippen LogP contribution in [0.15, 0.2) is 17.0 Å². The van der Waals surface area contributed by atoms with E-state index in [1.54, 1.807) is 0 Å². The zero-order chi connectivity index (χ0) is 15.6. The maximum atomic E-state index is 10.6. The van der Waals surface area contributed by atoms with Crippen LogP contribution in [0.2, 0.25) is 0 Å². The minimum atomic E-state index is -0.336. The Morgan fingerprint density at radius 1 is 1.15 bits per heavy atom. The Labute approximate surface area is 126 Å². The van der Waals surface area contributed by atoms with Crippen molar-refractivity contribution >= 4 is 11.9 Å². The van der Waals surface area contributed by atoms with Crippen molar-refractivity contribution in [1.82, 2.24) is 0 Å². The highest BCUT2D eigenvalue weighted by Crippen LogP contribution is 2.43. The summed E-state index contributed by atoms with van der Waals surface area (Å²) in [7, 11) is 0. The molecule has 1 aromatic rings. The summed E-state index contributed by atoms with van der Waals surface area (Å²) in [5, 5.41) is 19.8. The summed E-state index contributed by atoms with van der Waals surface area (Å²) in [6.45, 7) is 17.2. The third kappa shape index (κ3) is 3.68. The Kier molecular flexibility index (Phi) is 5.12. The predicted molar refractivity (Wildman–Crippen MR) is 84.0 cm³/mol. The average molecular weight is 293 g/mol. The molecule has 0 heterocycles. The third-order valence-electron chi connectivity index (χ3n) is 3.51. The van der Waals surface area contributed by atoms with E-state index in [0.717, 1.165) is 28.0 Å². The van der Waals surface area contributed by atoms with Crippen LogP contribution in [0.3, 0.4) is 0 Å². The number of nitrogens with zero attached hydrogens (tertiary/aromatic N) is 1. The van der Waals surface area contributed by atoms with Crippen molar-refractivity contribution in [2.75, 3.05) is 6.61 Å². The van der Waals surface area contributed by atoms with Gasteiger partial charge in [0.1, 0.15) is 5.75 Å². The van der Waals surface area contributed by atoms with E-state index < -0.39 is 0 Å². The van der Waals surface area contributed by atoms with Gasteiger partial charge < -0.3 is 10.2 Å². The number of benzene rings is 1. The standard InChI is InChI=1S/C16H23NO2S/c1-15(2,3)12-9-11(20-17-6)10-13(14(12)19)16(4,5)7-8-18/h9-10,18-19H,7-8H2,1-5H3. The van der Waals surface area contributed by atoms with E-state index in [9.17, 15) is 10.2 Å². The first-order chi connectivity index (χ1) is 9.13. The molecule has 1 rings (SSSR count). The van der Waals surface area contributed by atoms with Crippen LogP contribution in [0.5, 0.6) is 5.75 Å². The highest BCUT2D eigenvalue weighted by atomic mass is 32.2. The first-order valence-corrected chi connectivity index (χ1v) is 7.43. The lowest BCUT2D eigenvalue weighted by atomic mass is 9.77. The van der Waals surface area contributed by atoms with Gasteiger partial charge in [-0.3, -0.25) is 0 Å². The van der Waals surface area contributed by atoms with E-state index >= 15 is 0 Å². The largest absolute Gasteiger partial charge is 0.507 e. The highest BCUT2D eigenvalue weighted by molar-refractivity contribution is 8.01. The fraction of sp³-hybridized carbons (Fsp3) is 0.562. The molecule has 3 nitrogen and oxygen atoms in total. The summed E-state index contributed by atoms with van der Waals surface area (Å²) >= 11 is 1.08. The molecule has 110 valence electrons. The minimum Gasteiger partial charge on any atom is -0.507 e. The molecular formula is C16H23NO2S. The molecule has 0 amide bonds. The maximum absolute atomic E-state index is 10.6. The molecule has 1 aromatic carbocycles. The van der Waals surface area contributed by atoms with Crippen LogP contribution in [0.25, 0.3) is 4.25 Å². The number of hydrogen-bond donors (Lipinski definition) is 2. The molecule has 0 radical (unpaired) electrons. The second kappa shape index (κ2) is 6.07. The topological polar surface area (TPSA) is 44.8 Å². The van der Waals surface area contributed by atoms with E-state index in [-0.39, 0.29) is 23.2 Å². The number of hydrogen-bond acceptors (Lipinski definition) is 3. The summed E-state index contributed by atoms with van der Waals surface area (Å²) in [4.78, 5) is 0.837. The van der Waals surface area contributed by atoms with Gasteiger partial charge in [-0.2, -0.15) is 0 Å². The molecule has 0 saturated carbocycles. The molecule has 0 unspecified atom stereocenters. The van der Waals surface area contributed by atoms with Gasteiger partial charge in [-0.15, -0.1) is 0 Å². The quantitative estimate of drug-likeness (QED) is 0.643. The molecule has 2 N–H and O–H groups in total. The number of rotatable bonds is 4. The van der Waals surface area contributed by atoms with Gasteiger partial charge in [-0.1, -0.05) is 34.6 Å². The maximum Gasteiger partial charge on any atom is 0.294 e. The smallest absolute Gasteiger partial charge is 0.294 e. The summed E-state index contributed by atoms with van der Waals surface area (Å²) in [6.07, 6.45) is 0.566. The van der Waals surface area contributed by atoms with Crippen molar-refractivity contribution < 1.29 is 10.2 Å². The average Bonchev–Trinajstić information content (AvgIpc) is 2.29. The summed E-state index contributed by atoms with van der Waals surface area (Å²) < 4.78 is 3.36. The molecule has 0 aliphatic carbocycles. The minimum absolute atomic E-state index is 0.0669. The van der Waals surface area contributed by atoms with Crippen molar-refractivity contribution in [1.29, 1.82) is 0 Å². The molecule has 0 aliphatic rings. The number of aliphatic hydroxyl groups excluding tert-OH is 1. The van der Waals surface area contributed by atoms with Gasteiger partial charge in [0.05, 0.1) is 4.90 Å². The van der Waals surface area contributed by atoms with Crippen molar-refractivity contribution in [3.8, 4) is 5.75 Å². The van der Waals surface area contributed by atoms with Gasteiger partial charge >= 0.3 is 0 Å². The molecule has 4 heteroatoms. The van der Waals surface area contributed by atoms with Crippen LogP contribution < -0.4 is 0 Å². The first kappa shape index (κ1) is 16.9. The van der Waals surface area contributed by atoms with E-state index in [4.69, 9.17) is 6.57 Å². The van der Waals surface area contributed by atoms with Gasteiger partial charge in [0, 0.05) is 17.7 Å². The Bertz CT molecular complexity index is 525. The molecular weight excluding hydrogens is 270 g/mol. The van der Waals surface area contributed by atoms with Gasteiger partial charge in [-0.25, -0.2) is 10.8 Å². The highest BCUT2D eigenvalue weighted by Gasteiger charge is 2.29. The third-order valence-corrected chi connectivity index (χ3v) is 4.05. The molecule has 0 bridgehead atoms. The molecule has 20 heavy (non-hydrogen) atoms. The van der Waals surface area contributed by atoms with Gasteiger partial charge in [0.2, 0.25) is 0 Å². The molecule has 0 spiro atoms. The van der Waals surface area contributed by atoms with Crippen molar-refractivity contribution in [3.05, 3.63) is 34.1 Å². The monoisotopic (exact) mass is 293 g/mol. The number of phenolic OH excluding ortho intramolecular Hbond substituents is 1. The van der Waals surface area contributed by atoms with Crippen LogP contribution >= 0.6 is 11.9 Å². The van der Waals surface area contributed by atoms with Crippen LogP contribution in [-0.4, -0.2) is 16.8 Å². The lowest BCUT2D eigenvalue weighted by Crippen LogP contribution is -2.21. The second-order valence-electron chi connectivity index (χ2n) is 6.66. The zero-order valence-corrected chi connectivity index (χ0v) is 13.6. The zero-order valence-electron chi connectivity index (χ0n) is 12.8. The van der Waals surface area contributed by atoms with Crippen LogP contribution in [0.1, 0.15) is 52.2 Å².